The lowest BCUT2D eigenvalue weighted by molar-refractivity contribution is 0.0963. The summed E-state index contributed by atoms with van der Waals surface area (Å²) < 4.78 is 23.1. The summed E-state index contributed by atoms with van der Waals surface area (Å²) in [6.45, 7) is 0. The molecule has 0 saturated heterocycles. The van der Waals surface area contributed by atoms with Gasteiger partial charge in [0.25, 0.3) is 5.91 Å². The normalized spacial score (nSPS) is 11.0. The average molecular weight is 380 g/mol. The highest BCUT2D eigenvalue weighted by Gasteiger charge is 2.18. The van der Waals surface area contributed by atoms with Gasteiger partial charge in [0.1, 0.15) is 5.82 Å². The van der Waals surface area contributed by atoms with Crippen molar-refractivity contribution in [1.29, 1.82) is 0 Å². The highest BCUT2D eigenvalue weighted by Crippen LogP contribution is 2.31. The second-order valence-electron chi connectivity index (χ2n) is 6.16. The predicted molar refractivity (Wildman–Crippen MR) is 101 cm³/mol. The minimum absolute atomic E-state index is 0.220. The van der Waals surface area contributed by atoms with Gasteiger partial charge in [0.15, 0.2) is 5.65 Å². The van der Waals surface area contributed by atoms with Crippen molar-refractivity contribution in [2.24, 2.45) is 7.05 Å². The summed E-state index contributed by atoms with van der Waals surface area (Å²) in [5.74, 6) is -0.436. The van der Waals surface area contributed by atoms with Gasteiger partial charge in [0.05, 0.1) is 30.8 Å². The van der Waals surface area contributed by atoms with Crippen LogP contribution in [0.1, 0.15) is 10.4 Å². The molecule has 1 N–H and O–H groups in total. The Balaban J connectivity index is 1.90. The van der Waals surface area contributed by atoms with Crippen LogP contribution in [0.5, 0.6) is 5.88 Å². The van der Waals surface area contributed by atoms with Gasteiger partial charge in [-0.3, -0.25) is 9.48 Å². The molecule has 3 aromatic heterocycles. The van der Waals surface area contributed by atoms with Crippen LogP contribution in [0.15, 0.2) is 42.9 Å². The Bertz CT molecular complexity index is 1200. The van der Waals surface area contributed by atoms with Crippen LogP contribution in [0.2, 0.25) is 0 Å². The third-order valence-corrected chi connectivity index (χ3v) is 4.40. The quantitative estimate of drug-likeness (QED) is 0.587. The van der Waals surface area contributed by atoms with Crippen molar-refractivity contribution in [3.8, 4) is 28.3 Å². The molecule has 0 spiro atoms. The first kappa shape index (κ1) is 17.7. The van der Waals surface area contributed by atoms with E-state index in [1.807, 2.05) is 13.2 Å². The lowest BCUT2D eigenvalue weighted by atomic mass is 10.1. The Kier molecular flexibility index (Phi) is 4.26. The molecular weight excluding hydrogens is 363 g/mol. The first-order valence-electron chi connectivity index (χ1n) is 8.45. The molecule has 0 saturated carbocycles. The Labute approximate surface area is 159 Å². The number of ether oxygens (including phenoxy) is 1. The number of methoxy groups -OCH3 is 1. The van der Waals surface area contributed by atoms with Gasteiger partial charge in [0, 0.05) is 37.0 Å². The molecule has 1 amide bonds. The first-order chi connectivity index (χ1) is 13.5. The van der Waals surface area contributed by atoms with Gasteiger partial charge in [-0.2, -0.15) is 5.10 Å². The predicted octanol–water partition coefficient (Wildman–Crippen LogP) is 2.30. The third-order valence-electron chi connectivity index (χ3n) is 4.40. The van der Waals surface area contributed by atoms with Gasteiger partial charge in [-0.15, -0.1) is 5.10 Å². The average Bonchev–Trinajstić information content (AvgIpc) is 3.32. The molecule has 9 heteroatoms. The smallest absolute Gasteiger partial charge is 0.251 e. The number of nitrogens with one attached hydrogen (secondary N) is 1. The molecule has 0 radical (unpaired) electrons. The molecule has 142 valence electrons. The number of nitrogens with zero attached hydrogens (tertiary/aromatic N) is 5. The fraction of sp³-hybridized carbons (Fsp3) is 0.158. The number of carbonyl (C=O) groups excluding carboxylic acids is 1. The van der Waals surface area contributed by atoms with Crippen molar-refractivity contribution in [3.05, 3.63) is 54.2 Å². The molecular formula is C19H17FN6O2. The maximum absolute atomic E-state index is 14.5. The van der Waals surface area contributed by atoms with E-state index in [0.29, 0.717) is 22.8 Å². The van der Waals surface area contributed by atoms with Gasteiger partial charge in [-0.1, -0.05) is 0 Å². The van der Waals surface area contributed by atoms with E-state index in [4.69, 9.17) is 4.74 Å². The molecule has 0 aliphatic heterocycles. The minimum atomic E-state index is -0.480. The van der Waals surface area contributed by atoms with Crippen molar-refractivity contribution in [2.45, 2.75) is 0 Å². The number of hydrogen-bond donors (Lipinski definition) is 1. The first-order valence-corrected chi connectivity index (χ1v) is 8.45. The zero-order valence-electron chi connectivity index (χ0n) is 15.5. The molecule has 8 nitrogen and oxygen atoms in total. The Morgan fingerprint density at radius 2 is 2.04 bits per heavy atom. The summed E-state index contributed by atoms with van der Waals surface area (Å²) in [5, 5.41) is 11.2. The largest absolute Gasteiger partial charge is 0.480 e. The van der Waals surface area contributed by atoms with E-state index in [2.05, 4.69) is 20.5 Å². The second-order valence-corrected chi connectivity index (χ2v) is 6.16. The van der Waals surface area contributed by atoms with Crippen LogP contribution in [0, 0.1) is 5.82 Å². The van der Waals surface area contributed by atoms with Gasteiger partial charge in [-0.05, 0) is 24.3 Å². The summed E-state index contributed by atoms with van der Waals surface area (Å²) in [6.07, 6.45) is 5.06. The highest BCUT2D eigenvalue weighted by molar-refractivity contribution is 5.95. The number of halogens is 1. The van der Waals surface area contributed by atoms with Gasteiger partial charge < -0.3 is 10.1 Å². The van der Waals surface area contributed by atoms with Crippen LogP contribution in [0.4, 0.5) is 4.39 Å². The molecule has 0 fully saturated rings. The Morgan fingerprint density at radius 3 is 2.71 bits per heavy atom. The number of fused-ring (bicyclic) bond motifs is 1. The molecule has 0 atom stereocenters. The Morgan fingerprint density at radius 1 is 1.21 bits per heavy atom. The van der Waals surface area contributed by atoms with E-state index in [9.17, 15) is 9.18 Å². The van der Waals surface area contributed by atoms with Crippen molar-refractivity contribution < 1.29 is 13.9 Å². The summed E-state index contributed by atoms with van der Waals surface area (Å²) in [6, 6.07) is 5.95. The number of carbonyl (C=O) groups is 1. The molecule has 0 bridgehead atoms. The van der Waals surface area contributed by atoms with Crippen LogP contribution < -0.4 is 10.1 Å². The minimum Gasteiger partial charge on any atom is -0.480 e. The topological polar surface area (TPSA) is 86.3 Å². The fourth-order valence-electron chi connectivity index (χ4n) is 3.01. The number of aryl methyl sites for hydroxylation is 1. The number of rotatable bonds is 4. The lowest BCUT2D eigenvalue weighted by Gasteiger charge is -2.09. The molecule has 0 aliphatic rings. The standard InChI is InChI=1S/C19H17FN6O2/c1-21-18(27)11-4-5-15(20)14(6-11)16-9-22-17-7-13(12-8-23-25(2)10-12)19(28-3)24-26(16)17/h4-10H,1-3H3,(H,21,27). The van der Waals surface area contributed by atoms with Crippen LogP contribution >= 0.6 is 0 Å². The van der Waals surface area contributed by atoms with Gasteiger partial charge >= 0.3 is 0 Å². The van der Waals surface area contributed by atoms with E-state index in [0.717, 1.165) is 11.1 Å². The lowest BCUT2D eigenvalue weighted by Crippen LogP contribution is -2.17. The summed E-state index contributed by atoms with van der Waals surface area (Å²) in [5.41, 5.74) is 3.03. The second kappa shape index (κ2) is 6.76. The zero-order chi connectivity index (χ0) is 19.8. The molecule has 1 aromatic carbocycles. The van der Waals surface area contributed by atoms with Gasteiger partial charge in [0.2, 0.25) is 5.88 Å². The molecule has 4 rings (SSSR count). The number of amides is 1. The third kappa shape index (κ3) is 2.86. The SMILES string of the molecule is CNC(=O)c1ccc(F)c(-c2cnc3cc(-c4cnn(C)c4)c(OC)nn23)c1. The van der Waals surface area contributed by atoms with Crippen LogP contribution in [0.3, 0.4) is 0 Å². The fourth-order valence-corrected chi connectivity index (χ4v) is 3.01. The maximum atomic E-state index is 14.5. The van der Waals surface area contributed by atoms with E-state index in [-0.39, 0.29) is 11.5 Å². The number of benzene rings is 1. The number of aromatic nitrogens is 5. The molecule has 28 heavy (non-hydrogen) atoms. The van der Waals surface area contributed by atoms with Crippen LogP contribution in [-0.2, 0) is 7.05 Å². The van der Waals surface area contributed by atoms with Gasteiger partial charge in [-0.25, -0.2) is 13.9 Å². The number of hydrogen-bond acceptors (Lipinski definition) is 5. The summed E-state index contributed by atoms with van der Waals surface area (Å²) >= 11 is 0. The molecule has 3 heterocycles. The highest BCUT2D eigenvalue weighted by atomic mass is 19.1. The maximum Gasteiger partial charge on any atom is 0.251 e. The molecule has 0 aliphatic carbocycles. The van der Waals surface area contributed by atoms with Crippen LogP contribution in [-0.4, -0.2) is 44.4 Å². The molecule has 0 unspecified atom stereocenters. The van der Waals surface area contributed by atoms with E-state index >= 15 is 0 Å². The van der Waals surface area contributed by atoms with Crippen molar-refractivity contribution in [1.82, 2.24) is 29.7 Å². The Hall–Kier alpha value is -3.75. The van der Waals surface area contributed by atoms with Crippen molar-refractivity contribution in [2.75, 3.05) is 14.2 Å². The van der Waals surface area contributed by atoms with E-state index in [1.165, 1.54) is 43.1 Å². The zero-order valence-corrected chi connectivity index (χ0v) is 15.5. The van der Waals surface area contributed by atoms with E-state index in [1.54, 1.807) is 16.9 Å². The number of imidazole rings is 1. The van der Waals surface area contributed by atoms with E-state index < -0.39 is 5.82 Å². The van der Waals surface area contributed by atoms with Crippen molar-refractivity contribution in [3.63, 3.8) is 0 Å². The summed E-state index contributed by atoms with van der Waals surface area (Å²) in [7, 11) is 4.85. The van der Waals surface area contributed by atoms with Crippen molar-refractivity contribution >= 4 is 11.6 Å². The van der Waals surface area contributed by atoms with Crippen LogP contribution in [0.25, 0.3) is 28.0 Å². The summed E-state index contributed by atoms with van der Waals surface area (Å²) in [4.78, 5) is 16.3. The monoisotopic (exact) mass is 380 g/mol. The molecule has 4 aromatic rings.